The van der Waals surface area contributed by atoms with E-state index in [0.717, 1.165) is 0 Å². The van der Waals surface area contributed by atoms with Gasteiger partial charge in [0.2, 0.25) is 16.0 Å². The lowest BCUT2D eigenvalue weighted by Gasteiger charge is -2.13. The number of benzene rings is 1. The quantitative estimate of drug-likeness (QED) is 0.616. The maximum atomic E-state index is 12.9. The second-order valence-corrected chi connectivity index (χ2v) is 8.96. The summed E-state index contributed by atoms with van der Waals surface area (Å²) in [6.45, 7) is 6.05. The van der Waals surface area contributed by atoms with Crippen LogP contribution in [0.25, 0.3) is 22.2 Å². The molecule has 154 valence electrons. The van der Waals surface area contributed by atoms with Gasteiger partial charge < -0.3 is 5.32 Å². The summed E-state index contributed by atoms with van der Waals surface area (Å²) in [5.74, 6) is 0.438. The van der Waals surface area contributed by atoms with Crippen LogP contribution in [0.3, 0.4) is 0 Å². The molecule has 2 heterocycles. The number of nitrogens with one attached hydrogen (secondary N) is 2. The topological polar surface area (TPSA) is 106 Å². The Bertz CT molecular complexity index is 1240. The number of rotatable bonds is 6. The van der Waals surface area contributed by atoms with Crippen LogP contribution in [0.1, 0.15) is 20.8 Å². The second-order valence-electron chi connectivity index (χ2n) is 6.84. The highest BCUT2D eigenvalue weighted by Crippen LogP contribution is 2.29. The number of fused-ring (bicyclic) bond motifs is 1. The molecule has 2 N–H and O–H groups in total. The number of pyridine rings is 1. The van der Waals surface area contributed by atoms with Crippen molar-refractivity contribution in [1.29, 1.82) is 0 Å². The van der Waals surface area contributed by atoms with Gasteiger partial charge in [-0.3, -0.25) is 9.36 Å². The highest BCUT2D eigenvalue weighted by atomic mass is 35.5. The van der Waals surface area contributed by atoms with Crippen molar-refractivity contribution in [2.75, 3.05) is 11.9 Å². The summed E-state index contributed by atoms with van der Waals surface area (Å²) in [7, 11) is -2.07. The Kier molecular flexibility index (Phi) is 5.92. The summed E-state index contributed by atoms with van der Waals surface area (Å²) < 4.78 is 28.7. The SMILES string of the molecule is CCNc1ncc2cc(-c3ccc(S(=O)(=O)NC(C)C)cc3Cl)c(=O)n(C)c2n1. The first kappa shape index (κ1) is 21.2. The van der Waals surface area contributed by atoms with E-state index in [4.69, 9.17) is 11.6 Å². The molecule has 10 heteroatoms. The van der Waals surface area contributed by atoms with Crippen molar-refractivity contribution in [3.63, 3.8) is 0 Å². The van der Waals surface area contributed by atoms with Crippen LogP contribution in [0.2, 0.25) is 5.02 Å². The summed E-state index contributed by atoms with van der Waals surface area (Å²) >= 11 is 6.37. The molecular weight excluding hydrogens is 414 g/mol. The van der Waals surface area contributed by atoms with Crippen molar-refractivity contribution in [2.24, 2.45) is 7.05 Å². The molecule has 3 aromatic rings. The molecule has 0 aliphatic rings. The van der Waals surface area contributed by atoms with Gasteiger partial charge in [0.15, 0.2) is 0 Å². The van der Waals surface area contributed by atoms with Gasteiger partial charge in [-0.2, -0.15) is 4.98 Å². The summed E-state index contributed by atoms with van der Waals surface area (Å²) in [6.07, 6.45) is 1.63. The van der Waals surface area contributed by atoms with Crippen molar-refractivity contribution in [1.82, 2.24) is 19.3 Å². The van der Waals surface area contributed by atoms with Crippen molar-refractivity contribution in [2.45, 2.75) is 31.7 Å². The first-order valence-electron chi connectivity index (χ1n) is 9.07. The highest BCUT2D eigenvalue weighted by molar-refractivity contribution is 7.89. The van der Waals surface area contributed by atoms with Gasteiger partial charge in [-0.05, 0) is 39.0 Å². The molecule has 3 rings (SSSR count). The molecule has 0 saturated heterocycles. The van der Waals surface area contributed by atoms with Gasteiger partial charge >= 0.3 is 0 Å². The Labute approximate surface area is 174 Å². The molecule has 0 aliphatic carbocycles. The number of nitrogens with zero attached hydrogens (tertiary/aromatic N) is 3. The second kappa shape index (κ2) is 8.10. The third kappa shape index (κ3) is 4.26. The zero-order chi connectivity index (χ0) is 21.3. The molecule has 0 aliphatic heterocycles. The average Bonchev–Trinajstić information content (AvgIpc) is 2.64. The molecule has 1 aromatic carbocycles. The fourth-order valence-electron chi connectivity index (χ4n) is 2.94. The van der Waals surface area contributed by atoms with Gasteiger partial charge in [-0.25, -0.2) is 18.1 Å². The van der Waals surface area contributed by atoms with Crippen molar-refractivity contribution < 1.29 is 8.42 Å². The van der Waals surface area contributed by atoms with Gasteiger partial charge in [0.1, 0.15) is 5.65 Å². The molecule has 0 saturated carbocycles. The predicted molar refractivity (Wildman–Crippen MR) is 115 cm³/mol. The molecule has 0 amide bonds. The van der Waals surface area contributed by atoms with Gasteiger partial charge in [0.25, 0.3) is 5.56 Å². The van der Waals surface area contributed by atoms with Gasteiger partial charge in [0, 0.05) is 47.4 Å². The number of anilines is 1. The molecule has 0 fully saturated rings. The number of halogens is 1. The Balaban J connectivity index is 2.12. The van der Waals surface area contributed by atoms with E-state index < -0.39 is 10.0 Å². The zero-order valence-corrected chi connectivity index (χ0v) is 18.1. The van der Waals surface area contributed by atoms with E-state index in [2.05, 4.69) is 20.0 Å². The van der Waals surface area contributed by atoms with E-state index >= 15 is 0 Å². The minimum absolute atomic E-state index is 0.0381. The summed E-state index contributed by atoms with van der Waals surface area (Å²) in [6, 6.07) is 5.72. The summed E-state index contributed by atoms with van der Waals surface area (Å²) in [5, 5.41) is 3.84. The van der Waals surface area contributed by atoms with Crippen LogP contribution in [-0.2, 0) is 17.1 Å². The van der Waals surface area contributed by atoms with Crippen LogP contribution in [-0.4, -0.2) is 35.5 Å². The maximum absolute atomic E-state index is 12.9. The first-order chi connectivity index (χ1) is 13.6. The Hall–Kier alpha value is -2.49. The van der Waals surface area contributed by atoms with Crippen LogP contribution in [0.4, 0.5) is 5.95 Å². The molecular formula is C19H22ClN5O3S. The van der Waals surface area contributed by atoms with E-state index in [-0.39, 0.29) is 21.5 Å². The number of aryl methyl sites for hydroxylation is 1. The smallest absolute Gasteiger partial charge is 0.259 e. The van der Waals surface area contributed by atoms with Gasteiger partial charge in [-0.1, -0.05) is 17.7 Å². The number of hydrogen-bond acceptors (Lipinski definition) is 6. The van der Waals surface area contributed by atoms with E-state index in [1.807, 2.05) is 6.92 Å². The zero-order valence-electron chi connectivity index (χ0n) is 16.5. The number of hydrogen-bond donors (Lipinski definition) is 2. The Morgan fingerprint density at radius 1 is 1.21 bits per heavy atom. The third-order valence-electron chi connectivity index (χ3n) is 4.22. The van der Waals surface area contributed by atoms with E-state index in [1.165, 1.54) is 22.8 Å². The van der Waals surface area contributed by atoms with Crippen LogP contribution < -0.4 is 15.6 Å². The fraction of sp³-hybridized carbons (Fsp3) is 0.316. The highest BCUT2D eigenvalue weighted by Gasteiger charge is 2.19. The minimum atomic E-state index is -3.69. The summed E-state index contributed by atoms with van der Waals surface area (Å²) in [5.41, 5.74) is 0.969. The molecule has 0 atom stereocenters. The van der Waals surface area contributed by atoms with E-state index in [0.29, 0.717) is 34.7 Å². The Morgan fingerprint density at radius 3 is 2.55 bits per heavy atom. The third-order valence-corrected chi connectivity index (χ3v) is 6.18. The van der Waals surface area contributed by atoms with Crippen LogP contribution >= 0.6 is 11.6 Å². The van der Waals surface area contributed by atoms with E-state index in [1.54, 1.807) is 33.2 Å². The van der Waals surface area contributed by atoms with E-state index in [9.17, 15) is 13.2 Å². The lowest BCUT2D eigenvalue weighted by atomic mass is 10.1. The van der Waals surface area contributed by atoms with Gasteiger partial charge in [0.05, 0.1) is 4.90 Å². The first-order valence-corrected chi connectivity index (χ1v) is 10.9. The monoisotopic (exact) mass is 435 g/mol. The van der Waals surface area contributed by atoms with Crippen molar-refractivity contribution in [3.8, 4) is 11.1 Å². The molecule has 2 aromatic heterocycles. The molecule has 29 heavy (non-hydrogen) atoms. The lowest BCUT2D eigenvalue weighted by molar-refractivity contribution is 0.570. The predicted octanol–water partition coefficient (Wildman–Crippen LogP) is 2.77. The standard InChI is InChI=1S/C19H22ClN5O3S/c1-5-21-19-22-10-12-8-15(18(26)25(4)17(12)23-19)14-7-6-13(9-16(14)20)29(27,28)24-11(2)3/h6-11,24H,5H2,1-4H3,(H,21,22,23). The van der Waals surface area contributed by atoms with Crippen molar-refractivity contribution in [3.05, 3.63) is 45.8 Å². The number of aromatic nitrogens is 3. The molecule has 0 unspecified atom stereocenters. The van der Waals surface area contributed by atoms with Crippen LogP contribution in [0.15, 0.2) is 40.2 Å². The summed E-state index contributed by atoms with van der Waals surface area (Å²) in [4.78, 5) is 21.6. The van der Waals surface area contributed by atoms with Crippen molar-refractivity contribution >= 4 is 38.6 Å². The van der Waals surface area contributed by atoms with Gasteiger partial charge in [-0.15, -0.1) is 0 Å². The normalized spacial score (nSPS) is 11.9. The minimum Gasteiger partial charge on any atom is -0.354 e. The van der Waals surface area contributed by atoms with Crippen LogP contribution in [0.5, 0.6) is 0 Å². The lowest BCUT2D eigenvalue weighted by Crippen LogP contribution is -2.30. The average molecular weight is 436 g/mol. The maximum Gasteiger partial charge on any atom is 0.259 e. The molecule has 0 radical (unpaired) electrons. The largest absolute Gasteiger partial charge is 0.354 e. The fourth-order valence-corrected chi connectivity index (χ4v) is 4.57. The molecule has 8 nitrogen and oxygen atoms in total. The molecule has 0 spiro atoms. The molecule has 0 bridgehead atoms. The number of sulfonamides is 1. The Morgan fingerprint density at radius 2 is 1.93 bits per heavy atom. The van der Waals surface area contributed by atoms with Crippen LogP contribution in [0, 0.1) is 0 Å².